The van der Waals surface area contributed by atoms with Crippen LogP contribution in [0.3, 0.4) is 0 Å². The van der Waals surface area contributed by atoms with Gasteiger partial charge in [-0.15, -0.1) is 0 Å². The third-order valence-corrected chi connectivity index (χ3v) is 8.88. The molecule has 3 saturated heterocycles. The van der Waals surface area contributed by atoms with Crippen molar-refractivity contribution in [3.05, 3.63) is 77.0 Å². The largest absolute Gasteiger partial charge is 0.478 e. The molecule has 1 N–H and O–H groups in total. The highest BCUT2D eigenvalue weighted by atomic mass is 19.4. The molecule has 0 aliphatic carbocycles. The van der Waals surface area contributed by atoms with Gasteiger partial charge in [-0.05, 0) is 72.5 Å². The highest BCUT2D eigenvalue weighted by Gasteiger charge is 2.48. The fourth-order valence-electron chi connectivity index (χ4n) is 6.45. The van der Waals surface area contributed by atoms with Gasteiger partial charge in [0.05, 0.1) is 23.2 Å². The number of aromatic carboxylic acids is 1. The van der Waals surface area contributed by atoms with Gasteiger partial charge < -0.3 is 14.7 Å². The maximum atomic E-state index is 14.4. The van der Waals surface area contributed by atoms with Gasteiger partial charge in [-0.2, -0.15) is 26.3 Å². The number of anilines is 2. The van der Waals surface area contributed by atoms with Crippen molar-refractivity contribution >= 4 is 23.6 Å². The van der Waals surface area contributed by atoms with E-state index in [1.165, 1.54) is 41.4 Å². The predicted molar refractivity (Wildman–Crippen MR) is 156 cm³/mol. The molecule has 1 amide bonds. The smallest absolute Gasteiger partial charge is 0.417 e. The van der Waals surface area contributed by atoms with Gasteiger partial charge in [-0.3, -0.25) is 9.80 Å². The summed E-state index contributed by atoms with van der Waals surface area (Å²) in [5.74, 6) is -0.511. The zero-order chi connectivity index (χ0) is 32.9. The van der Waals surface area contributed by atoms with Crippen LogP contribution in [0.5, 0.6) is 0 Å². The summed E-state index contributed by atoms with van der Waals surface area (Å²) in [5.41, 5.74) is -3.56. The number of aromatic nitrogens is 1. The molecule has 0 unspecified atom stereocenters. The second-order valence-corrected chi connectivity index (χ2v) is 11.9. The number of alkyl halides is 6. The third-order valence-electron chi connectivity index (χ3n) is 8.88. The van der Waals surface area contributed by atoms with Crippen LogP contribution in [-0.4, -0.2) is 65.4 Å². The Balaban J connectivity index is 1.26. The summed E-state index contributed by atoms with van der Waals surface area (Å²) in [6.07, 6.45) is -6.84. The second kappa shape index (κ2) is 11.8. The predicted octanol–water partition coefficient (Wildman–Crippen LogP) is 7.08. The minimum absolute atomic E-state index is 0.0558. The molecule has 0 atom stereocenters. The minimum atomic E-state index is -5.06. The molecular formula is C32H30F6N4O4. The number of carbonyl (C=O) groups excluding carboxylic acids is 1. The molecule has 2 aromatic carbocycles. The number of hydrogen-bond acceptors (Lipinski definition) is 6. The number of ether oxygens (including phenoxy) is 1. The number of nitrogens with zero attached hydrogens (tertiary/aromatic N) is 4. The topological polar surface area (TPSA) is 86.2 Å². The average molecular weight is 649 g/mol. The standard InChI is InChI=1S/C32H30F6N4O4/c33-31(34,35)23-15-22(27(25(16-23)32(36,37)38)21-5-8-26(39-17-21)41-11-1-2-12-41)18-40-13-9-30(10-14-40)19-42(29(45)46-30)24-6-3-20(4-7-24)28(43)44/h3-8,15-17H,1-2,9-14,18-19H2,(H,43,44). The van der Waals surface area contributed by atoms with E-state index >= 15 is 0 Å². The molecule has 1 aromatic heterocycles. The third kappa shape index (κ3) is 6.35. The second-order valence-electron chi connectivity index (χ2n) is 11.9. The van der Waals surface area contributed by atoms with Gasteiger partial charge in [0.2, 0.25) is 0 Å². The Bertz CT molecular complexity index is 1610. The average Bonchev–Trinajstić information content (AvgIpc) is 3.66. The molecule has 3 aliphatic heterocycles. The Kier molecular flexibility index (Phi) is 8.11. The summed E-state index contributed by atoms with van der Waals surface area (Å²) in [4.78, 5) is 33.5. The number of piperidine rings is 1. The molecule has 244 valence electrons. The molecule has 14 heteroatoms. The first-order valence-corrected chi connectivity index (χ1v) is 14.8. The lowest BCUT2D eigenvalue weighted by atomic mass is 9.89. The summed E-state index contributed by atoms with van der Waals surface area (Å²) in [6, 6.07) is 9.75. The molecule has 4 heterocycles. The van der Waals surface area contributed by atoms with Crippen molar-refractivity contribution < 1.29 is 45.8 Å². The van der Waals surface area contributed by atoms with Crippen LogP contribution in [0.2, 0.25) is 0 Å². The van der Waals surface area contributed by atoms with Crippen LogP contribution in [0.1, 0.15) is 52.7 Å². The van der Waals surface area contributed by atoms with Crippen molar-refractivity contribution in [1.29, 1.82) is 0 Å². The molecule has 1 spiro atoms. The van der Waals surface area contributed by atoms with Crippen molar-refractivity contribution in [2.24, 2.45) is 0 Å². The van der Waals surface area contributed by atoms with Crippen molar-refractivity contribution in [3.63, 3.8) is 0 Å². The molecule has 0 radical (unpaired) electrons. The quantitative estimate of drug-likeness (QED) is 0.286. The highest BCUT2D eigenvalue weighted by molar-refractivity contribution is 5.92. The molecule has 3 aromatic rings. The van der Waals surface area contributed by atoms with Gasteiger partial charge in [0.1, 0.15) is 11.4 Å². The van der Waals surface area contributed by atoms with E-state index in [-0.39, 0.29) is 54.5 Å². The molecule has 6 rings (SSSR count). The number of carboxylic acid groups (broad SMARTS) is 1. The summed E-state index contributed by atoms with van der Waals surface area (Å²) in [5, 5.41) is 9.14. The van der Waals surface area contributed by atoms with Crippen LogP contribution >= 0.6 is 0 Å². The van der Waals surface area contributed by atoms with Gasteiger partial charge in [0.25, 0.3) is 0 Å². The van der Waals surface area contributed by atoms with Crippen LogP contribution in [0.4, 0.5) is 42.6 Å². The lowest BCUT2D eigenvalue weighted by Crippen LogP contribution is -2.46. The van der Waals surface area contributed by atoms with Crippen LogP contribution in [0.15, 0.2) is 54.7 Å². The lowest BCUT2D eigenvalue weighted by Gasteiger charge is -2.37. The first kappa shape index (κ1) is 31.6. The van der Waals surface area contributed by atoms with Gasteiger partial charge in [-0.1, -0.05) is 0 Å². The number of benzene rings is 2. The Morgan fingerprint density at radius 3 is 2.15 bits per heavy atom. The number of halogens is 6. The SMILES string of the molecule is O=C(O)c1ccc(N2CC3(CCN(Cc4cc(C(F)(F)F)cc(C(F)(F)F)c4-c4ccc(N5CCCC5)nc4)CC3)OC2=O)cc1. The number of rotatable bonds is 6. The van der Waals surface area contributed by atoms with E-state index < -0.39 is 41.1 Å². The van der Waals surface area contributed by atoms with Gasteiger partial charge >= 0.3 is 24.4 Å². The maximum absolute atomic E-state index is 14.4. The van der Waals surface area contributed by atoms with Crippen LogP contribution in [0.25, 0.3) is 11.1 Å². The van der Waals surface area contributed by atoms with Crippen LogP contribution in [-0.2, 0) is 23.6 Å². The normalized spacial score (nSPS) is 18.8. The fraction of sp³-hybridized carbons (Fsp3) is 0.406. The maximum Gasteiger partial charge on any atom is 0.417 e. The van der Waals surface area contributed by atoms with E-state index in [1.54, 1.807) is 11.0 Å². The summed E-state index contributed by atoms with van der Waals surface area (Å²) in [6.45, 7) is 2.03. The molecule has 3 fully saturated rings. The van der Waals surface area contributed by atoms with E-state index in [9.17, 15) is 35.9 Å². The summed E-state index contributed by atoms with van der Waals surface area (Å²) < 4.78 is 90.5. The molecular weight excluding hydrogens is 618 g/mol. The van der Waals surface area contributed by atoms with Crippen molar-refractivity contribution in [3.8, 4) is 11.1 Å². The number of carbonyl (C=O) groups is 2. The van der Waals surface area contributed by atoms with E-state index in [2.05, 4.69) is 4.98 Å². The van der Waals surface area contributed by atoms with E-state index in [1.807, 2.05) is 4.90 Å². The molecule has 46 heavy (non-hydrogen) atoms. The minimum Gasteiger partial charge on any atom is -0.478 e. The monoisotopic (exact) mass is 648 g/mol. The number of likely N-dealkylation sites (tertiary alicyclic amines) is 1. The van der Waals surface area contributed by atoms with E-state index in [0.717, 1.165) is 32.0 Å². The first-order valence-electron chi connectivity index (χ1n) is 14.8. The van der Waals surface area contributed by atoms with Crippen molar-refractivity contribution in [1.82, 2.24) is 9.88 Å². The number of carboxylic acids is 1. The Hall–Kier alpha value is -4.33. The van der Waals surface area contributed by atoms with E-state index in [4.69, 9.17) is 9.84 Å². The number of pyridine rings is 1. The zero-order valence-corrected chi connectivity index (χ0v) is 24.5. The lowest BCUT2D eigenvalue weighted by molar-refractivity contribution is -0.142. The number of amides is 1. The summed E-state index contributed by atoms with van der Waals surface area (Å²) >= 11 is 0. The molecule has 3 aliphatic rings. The molecule has 0 saturated carbocycles. The van der Waals surface area contributed by atoms with Gasteiger partial charge in [-0.25, -0.2) is 14.6 Å². The molecule has 0 bridgehead atoms. The summed E-state index contributed by atoms with van der Waals surface area (Å²) in [7, 11) is 0. The van der Waals surface area contributed by atoms with Crippen molar-refractivity contribution in [2.75, 3.05) is 42.5 Å². The molecule has 8 nitrogen and oxygen atoms in total. The Labute approximate surface area is 260 Å². The zero-order valence-electron chi connectivity index (χ0n) is 24.5. The fourth-order valence-corrected chi connectivity index (χ4v) is 6.45. The Morgan fingerprint density at radius 1 is 0.913 bits per heavy atom. The van der Waals surface area contributed by atoms with E-state index in [0.29, 0.717) is 24.3 Å². The van der Waals surface area contributed by atoms with Crippen LogP contribution in [0, 0.1) is 0 Å². The first-order chi connectivity index (χ1) is 21.7. The number of hydrogen-bond donors (Lipinski definition) is 1. The van der Waals surface area contributed by atoms with Gasteiger partial charge in [0.15, 0.2) is 0 Å². The Morgan fingerprint density at radius 2 is 1.59 bits per heavy atom. The van der Waals surface area contributed by atoms with Crippen molar-refractivity contribution in [2.45, 2.75) is 50.2 Å². The van der Waals surface area contributed by atoms with Gasteiger partial charge in [0, 0.05) is 63.0 Å². The highest BCUT2D eigenvalue weighted by Crippen LogP contribution is 2.44. The van der Waals surface area contributed by atoms with Crippen LogP contribution < -0.4 is 9.80 Å².